The molecule has 3 N–H and O–H groups in total. The van der Waals surface area contributed by atoms with Crippen molar-refractivity contribution in [2.75, 3.05) is 5.75 Å². The average Bonchev–Trinajstić information content (AvgIpc) is 2.60. The van der Waals surface area contributed by atoms with Gasteiger partial charge in [-0.1, -0.05) is 0 Å². The molecular weight excluding hydrogens is 214 g/mol. The van der Waals surface area contributed by atoms with E-state index in [0.29, 0.717) is 11.5 Å². The standard InChI is InChI=1S/C10H15NO3S/c1-7(11)3-5-15-6-9-8(10(12)13)2-4-14-9/h2,4,7H,3,5-6,11H2,1H3,(H,12,13). The topological polar surface area (TPSA) is 76.5 Å². The molecule has 0 radical (unpaired) electrons. The van der Waals surface area contributed by atoms with Crippen molar-refractivity contribution in [2.24, 2.45) is 5.73 Å². The molecule has 84 valence electrons. The first kappa shape index (κ1) is 12.1. The van der Waals surface area contributed by atoms with Crippen molar-refractivity contribution in [3.05, 3.63) is 23.7 Å². The third-order valence-corrected chi connectivity index (χ3v) is 2.92. The molecule has 0 aliphatic carbocycles. The summed E-state index contributed by atoms with van der Waals surface area (Å²) in [6.07, 6.45) is 2.33. The van der Waals surface area contributed by atoms with Gasteiger partial charge in [-0.2, -0.15) is 11.8 Å². The van der Waals surface area contributed by atoms with Crippen LogP contribution in [0, 0.1) is 0 Å². The zero-order valence-electron chi connectivity index (χ0n) is 8.60. The van der Waals surface area contributed by atoms with Crippen LogP contribution in [0.1, 0.15) is 29.5 Å². The lowest BCUT2D eigenvalue weighted by Crippen LogP contribution is -2.15. The molecular formula is C10H15NO3S. The number of hydrogen-bond acceptors (Lipinski definition) is 4. The number of rotatable bonds is 6. The largest absolute Gasteiger partial charge is 0.478 e. The SMILES string of the molecule is CC(N)CCSCc1occc1C(=O)O. The Labute approximate surface area is 92.8 Å². The minimum atomic E-state index is -0.938. The van der Waals surface area contributed by atoms with Gasteiger partial charge in [0.1, 0.15) is 11.3 Å². The van der Waals surface area contributed by atoms with Gasteiger partial charge in [-0.25, -0.2) is 4.79 Å². The van der Waals surface area contributed by atoms with Gasteiger partial charge >= 0.3 is 5.97 Å². The van der Waals surface area contributed by atoms with Crippen LogP contribution in [0.5, 0.6) is 0 Å². The molecule has 1 aromatic heterocycles. The fraction of sp³-hybridized carbons (Fsp3) is 0.500. The molecule has 0 saturated heterocycles. The van der Waals surface area contributed by atoms with Gasteiger partial charge in [-0.3, -0.25) is 0 Å². The molecule has 1 heterocycles. The maximum atomic E-state index is 10.7. The van der Waals surface area contributed by atoms with E-state index in [1.807, 2.05) is 6.92 Å². The lowest BCUT2D eigenvalue weighted by atomic mass is 10.3. The number of carbonyl (C=O) groups is 1. The number of furan rings is 1. The highest BCUT2D eigenvalue weighted by Gasteiger charge is 2.12. The van der Waals surface area contributed by atoms with Gasteiger partial charge < -0.3 is 15.3 Å². The van der Waals surface area contributed by atoms with E-state index < -0.39 is 5.97 Å². The second-order valence-electron chi connectivity index (χ2n) is 3.38. The predicted molar refractivity (Wildman–Crippen MR) is 60.1 cm³/mol. The summed E-state index contributed by atoms with van der Waals surface area (Å²) in [5.41, 5.74) is 5.85. The molecule has 1 atom stereocenters. The highest BCUT2D eigenvalue weighted by Crippen LogP contribution is 2.18. The monoisotopic (exact) mass is 229 g/mol. The fourth-order valence-electron chi connectivity index (χ4n) is 1.08. The predicted octanol–water partition coefficient (Wildman–Crippen LogP) is 1.95. The van der Waals surface area contributed by atoms with E-state index in [4.69, 9.17) is 15.3 Å². The third-order valence-electron chi connectivity index (χ3n) is 1.93. The number of carboxylic acid groups (broad SMARTS) is 1. The molecule has 15 heavy (non-hydrogen) atoms. The second kappa shape index (κ2) is 5.82. The smallest absolute Gasteiger partial charge is 0.339 e. The zero-order chi connectivity index (χ0) is 11.3. The minimum Gasteiger partial charge on any atom is -0.478 e. The van der Waals surface area contributed by atoms with Crippen molar-refractivity contribution in [1.82, 2.24) is 0 Å². The van der Waals surface area contributed by atoms with Crippen LogP contribution in [0.15, 0.2) is 16.7 Å². The molecule has 4 nitrogen and oxygen atoms in total. The summed E-state index contributed by atoms with van der Waals surface area (Å²) in [5.74, 6) is 1.09. The normalized spacial score (nSPS) is 12.7. The molecule has 0 bridgehead atoms. The van der Waals surface area contributed by atoms with Crippen LogP contribution >= 0.6 is 11.8 Å². The molecule has 0 amide bonds. The Morgan fingerprint density at radius 1 is 1.73 bits per heavy atom. The van der Waals surface area contributed by atoms with Crippen LogP contribution in [0.4, 0.5) is 0 Å². The zero-order valence-corrected chi connectivity index (χ0v) is 9.42. The van der Waals surface area contributed by atoms with E-state index in [1.165, 1.54) is 12.3 Å². The Kier molecular flexibility index (Phi) is 4.71. The second-order valence-corrected chi connectivity index (χ2v) is 4.49. The number of thioether (sulfide) groups is 1. The Balaban J connectivity index is 2.37. The Bertz CT molecular complexity index is 322. The molecule has 0 aliphatic rings. The van der Waals surface area contributed by atoms with E-state index >= 15 is 0 Å². The quantitative estimate of drug-likeness (QED) is 0.729. The van der Waals surface area contributed by atoms with Gasteiger partial charge in [0.15, 0.2) is 0 Å². The fourth-order valence-corrected chi connectivity index (χ4v) is 2.17. The van der Waals surface area contributed by atoms with Gasteiger partial charge in [-0.15, -0.1) is 0 Å². The molecule has 1 aromatic rings. The lowest BCUT2D eigenvalue weighted by molar-refractivity contribution is 0.0695. The molecule has 0 aromatic carbocycles. The van der Waals surface area contributed by atoms with E-state index in [1.54, 1.807) is 11.8 Å². The number of hydrogen-bond donors (Lipinski definition) is 2. The van der Waals surface area contributed by atoms with Crippen LogP contribution in [0.25, 0.3) is 0 Å². The lowest BCUT2D eigenvalue weighted by Gasteiger charge is -2.03. The first-order valence-corrected chi connectivity index (χ1v) is 5.89. The first-order chi connectivity index (χ1) is 7.11. The van der Waals surface area contributed by atoms with Crippen molar-refractivity contribution in [1.29, 1.82) is 0 Å². The molecule has 0 aliphatic heterocycles. The van der Waals surface area contributed by atoms with Crippen LogP contribution in [-0.4, -0.2) is 22.9 Å². The van der Waals surface area contributed by atoms with Gasteiger partial charge in [0.25, 0.3) is 0 Å². The molecule has 0 fully saturated rings. The summed E-state index contributed by atoms with van der Waals surface area (Å²) in [4.78, 5) is 10.7. The Morgan fingerprint density at radius 2 is 2.47 bits per heavy atom. The maximum absolute atomic E-state index is 10.7. The van der Waals surface area contributed by atoms with E-state index in [9.17, 15) is 4.79 Å². The van der Waals surface area contributed by atoms with E-state index in [2.05, 4.69) is 0 Å². The number of aromatic carboxylic acids is 1. The summed E-state index contributed by atoms with van der Waals surface area (Å²) >= 11 is 1.63. The van der Waals surface area contributed by atoms with Crippen molar-refractivity contribution in [3.8, 4) is 0 Å². The van der Waals surface area contributed by atoms with Gasteiger partial charge in [0.2, 0.25) is 0 Å². The van der Waals surface area contributed by atoms with Crippen molar-refractivity contribution in [3.63, 3.8) is 0 Å². The Hall–Kier alpha value is -0.940. The maximum Gasteiger partial charge on any atom is 0.339 e. The number of nitrogens with two attached hydrogens (primary N) is 1. The van der Waals surface area contributed by atoms with Gasteiger partial charge in [-0.05, 0) is 25.2 Å². The highest BCUT2D eigenvalue weighted by molar-refractivity contribution is 7.98. The molecule has 1 unspecified atom stereocenters. The summed E-state index contributed by atoms with van der Waals surface area (Å²) in [6.45, 7) is 1.95. The third kappa shape index (κ3) is 3.97. The van der Waals surface area contributed by atoms with Crippen molar-refractivity contribution >= 4 is 17.7 Å². The Morgan fingerprint density at radius 3 is 3.07 bits per heavy atom. The van der Waals surface area contributed by atoms with E-state index in [-0.39, 0.29) is 11.6 Å². The summed E-state index contributed by atoms with van der Waals surface area (Å²) in [5, 5.41) is 8.81. The van der Waals surface area contributed by atoms with Crippen LogP contribution in [0.3, 0.4) is 0 Å². The van der Waals surface area contributed by atoms with Crippen LogP contribution in [-0.2, 0) is 5.75 Å². The summed E-state index contributed by atoms with van der Waals surface area (Å²) in [7, 11) is 0. The van der Waals surface area contributed by atoms with E-state index in [0.717, 1.165) is 12.2 Å². The van der Waals surface area contributed by atoms with Gasteiger partial charge in [0.05, 0.1) is 12.0 Å². The summed E-state index contributed by atoms with van der Waals surface area (Å²) < 4.78 is 5.10. The van der Waals surface area contributed by atoms with Crippen LogP contribution in [0.2, 0.25) is 0 Å². The van der Waals surface area contributed by atoms with Gasteiger partial charge in [0, 0.05) is 6.04 Å². The molecule has 1 rings (SSSR count). The van der Waals surface area contributed by atoms with Crippen LogP contribution < -0.4 is 5.73 Å². The molecule has 5 heteroatoms. The van der Waals surface area contributed by atoms with Crippen molar-refractivity contribution in [2.45, 2.75) is 25.1 Å². The molecule has 0 spiro atoms. The molecule has 0 saturated carbocycles. The van der Waals surface area contributed by atoms with Crippen molar-refractivity contribution < 1.29 is 14.3 Å². The highest BCUT2D eigenvalue weighted by atomic mass is 32.2. The first-order valence-electron chi connectivity index (χ1n) is 4.74. The average molecular weight is 229 g/mol. The summed E-state index contributed by atoms with van der Waals surface area (Å²) in [6, 6.07) is 1.66. The minimum absolute atomic E-state index is 0.188. The number of carboxylic acids is 1.